The molecule has 1 saturated heterocycles. The Bertz CT molecular complexity index is 752. The Morgan fingerprint density at radius 3 is 2.36 bits per heavy atom. The van der Waals surface area contributed by atoms with E-state index in [1.807, 2.05) is 17.8 Å². The first kappa shape index (κ1) is 13.7. The van der Waals surface area contributed by atoms with Gasteiger partial charge in [-0.1, -0.05) is 49.4 Å². The maximum absolute atomic E-state index is 9.94. The topological polar surface area (TPSA) is 27.0 Å². The van der Waals surface area contributed by atoms with Crippen LogP contribution in [0.3, 0.4) is 0 Å². The lowest BCUT2D eigenvalue weighted by atomic mass is 9.77. The van der Waals surface area contributed by atoms with Gasteiger partial charge < -0.3 is 4.90 Å². The van der Waals surface area contributed by atoms with E-state index in [0.717, 1.165) is 0 Å². The molecule has 0 aromatic heterocycles. The van der Waals surface area contributed by atoms with Gasteiger partial charge in [-0.3, -0.25) is 0 Å². The van der Waals surface area contributed by atoms with Gasteiger partial charge in [0.2, 0.25) is 0 Å². The van der Waals surface area contributed by atoms with E-state index in [1.165, 1.54) is 16.8 Å². The molecule has 0 radical (unpaired) electrons. The zero-order valence-corrected chi connectivity index (χ0v) is 13.5. The molecule has 2 bridgehead atoms. The zero-order valence-electron chi connectivity index (χ0n) is 12.7. The molecule has 0 spiro atoms. The fraction of sp³-hybridized carbons (Fsp3) is 0.316. The Morgan fingerprint density at radius 1 is 1.05 bits per heavy atom. The lowest BCUT2D eigenvalue weighted by molar-refractivity contribution is 0.330. The van der Waals surface area contributed by atoms with Crippen molar-refractivity contribution in [2.75, 3.05) is 4.90 Å². The molecular formula is C19H18N2S. The lowest BCUT2D eigenvalue weighted by Gasteiger charge is -2.48. The summed E-state index contributed by atoms with van der Waals surface area (Å²) in [5.41, 5.74) is 3.49. The molecule has 3 heteroatoms. The van der Waals surface area contributed by atoms with E-state index in [9.17, 15) is 5.26 Å². The van der Waals surface area contributed by atoms with Gasteiger partial charge in [-0.05, 0) is 30.2 Å². The minimum Gasteiger partial charge on any atom is -0.347 e. The van der Waals surface area contributed by atoms with E-state index in [2.05, 4.69) is 73.3 Å². The van der Waals surface area contributed by atoms with Gasteiger partial charge in [0.05, 0.1) is 17.5 Å². The standard InChI is InChI=1S/C19H18N2S/c1-13-19(2,12-20)17-15-10-6-7-11-16(15)18(22-13)21(17)14-8-4-3-5-9-14/h3-11,13,17-18H,1-2H3. The number of thioether (sulfide) groups is 1. The molecule has 4 atom stereocenters. The van der Waals surface area contributed by atoms with E-state index in [-0.39, 0.29) is 6.04 Å². The van der Waals surface area contributed by atoms with E-state index < -0.39 is 5.41 Å². The van der Waals surface area contributed by atoms with Crippen LogP contribution in [0.15, 0.2) is 54.6 Å². The first-order chi connectivity index (χ1) is 10.7. The highest BCUT2D eigenvalue weighted by Gasteiger charge is 2.56. The highest BCUT2D eigenvalue weighted by molar-refractivity contribution is 8.00. The summed E-state index contributed by atoms with van der Waals surface area (Å²) < 4.78 is 0. The van der Waals surface area contributed by atoms with Crippen molar-refractivity contribution in [1.82, 2.24) is 0 Å². The number of rotatable bonds is 1. The molecule has 2 aromatic carbocycles. The van der Waals surface area contributed by atoms with Gasteiger partial charge in [-0.25, -0.2) is 0 Å². The summed E-state index contributed by atoms with van der Waals surface area (Å²) in [7, 11) is 0. The Hall–Kier alpha value is -1.92. The molecule has 4 unspecified atom stereocenters. The van der Waals surface area contributed by atoms with Crippen molar-refractivity contribution < 1.29 is 0 Å². The third-order valence-corrected chi connectivity index (χ3v) is 6.76. The van der Waals surface area contributed by atoms with Gasteiger partial charge in [0, 0.05) is 10.9 Å². The minimum atomic E-state index is -0.399. The summed E-state index contributed by atoms with van der Waals surface area (Å²) in [5.74, 6) is 0. The molecule has 22 heavy (non-hydrogen) atoms. The van der Waals surface area contributed by atoms with Gasteiger partial charge in [0.15, 0.2) is 0 Å². The summed E-state index contributed by atoms with van der Waals surface area (Å²) in [6.07, 6.45) is 0. The van der Waals surface area contributed by atoms with Crippen LogP contribution < -0.4 is 4.90 Å². The molecule has 2 aromatic rings. The second-order valence-corrected chi connectivity index (χ2v) is 7.73. The highest BCUT2D eigenvalue weighted by Crippen LogP contribution is 2.63. The number of hydrogen-bond acceptors (Lipinski definition) is 3. The quantitative estimate of drug-likeness (QED) is 0.749. The van der Waals surface area contributed by atoms with Gasteiger partial charge >= 0.3 is 0 Å². The average molecular weight is 306 g/mol. The lowest BCUT2D eigenvalue weighted by Crippen LogP contribution is -2.45. The molecule has 2 aliphatic rings. The maximum Gasteiger partial charge on any atom is 0.102 e. The van der Waals surface area contributed by atoms with Gasteiger partial charge in [0.25, 0.3) is 0 Å². The largest absolute Gasteiger partial charge is 0.347 e. The molecule has 2 aliphatic heterocycles. The molecule has 2 nitrogen and oxygen atoms in total. The summed E-state index contributed by atoms with van der Waals surface area (Å²) in [5, 5.41) is 10.6. The third kappa shape index (κ3) is 1.68. The Morgan fingerprint density at radius 2 is 1.68 bits per heavy atom. The van der Waals surface area contributed by atoms with E-state index in [0.29, 0.717) is 10.6 Å². The molecular weight excluding hydrogens is 288 g/mol. The normalized spacial score (nSPS) is 32.4. The Labute approximate surface area is 135 Å². The Kier molecular flexibility index (Phi) is 2.99. The van der Waals surface area contributed by atoms with E-state index in [4.69, 9.17) is 0 Å². The molecule has 0 N–H and O–H groups in total. The molecule has 110 valence electrons. The first-order valence-corrected chi connectivity index (χ1v) is 8.60. The smallest absolute Gasteiger partial charge is 0.102 e. The van der Waals surface area contributed by atoms with Gasteiger partial charge in [-0.15, -0.1) is 11.8 Å². The molecule has 2 heterocycles. The predicted molar refractivity (Wildman–Crippen MR) is 91.6 cm³/mol. The van der Waals surface area contributed by atoms with Crippen LogP contribution in [0, 0.1) is 16.7 Å². The number of fused-ring (bicyclic) bond motifs is 5. The number of benzene rings is 2. The van der Waals surface area contributed by atoms with Crippen LogP contribution in [0.4, 0.5) is 5.69 Å². The summed E-state index contributed by atoms with van der Waals surface area (Å²) in [6.45, 7) is 4.31. The SMILES string of the molecule is CC1SC2c3ccccc3C(N2c2ccccc2)C1(C)C#N. The molecule has 4 rings (SSSR count). The van der Waals surface area contributed by atoms with Crippen LogP contribution >= 0.6 is 11.8 Å². The number of nitrogens with zero attached hydrogens (tertiary/aromatic N) is 2. The summed E-state index contributed by atoms with van der Waals surface area (Å²) in [6, 6.07) is 21.9. The zero-order chi connectivity index (χ0) is 15.3. The minimum absolute atomic E-state index is 0.123. The number of hydrogen-bond donors (Lipinski definition) is 0. The number of nitriles is 1. The average Bonchev–Trinajstić information content (AvgIpc) is 2.85. The second kappa shape index (κ2) is 4.79. The number of anilines is 1. The van der Waals surface area contributed by atoms with E-state index >= 15 is 0 Å². The van der Waals surface area contributed by atoms with Crippen LogP contribution in [0.25, 0.3) is 0 Å². The molecule has 1 fully saturated rings. The van der Waals surface area contributed by atoms with Crippen molar-refractivity contribution in [1.29, 1.82) is 5.26 Å². The maximum atomic E-state index is 9.94. The van der Waals surface area contributed by atoms with Crippen molar-refractivity contribution in [3.63, 3.8) is 0 Å². The van der Waals surface area contributed by atoms with Crippen molar-refractivity contribution in [2.24, 2.45) is 5.41 Å². The van der Waals surface area contributed by atoms with Crippen molar-refractivity contribution in [3.05, 3.63) is 65.7 Å². The molecule has 0 saturated carbocycles. The second-order valence-electron chi connectivity index (χ2n) is 6.30. The van der Waals surface area contributed by atoms with Crippen LogP contribution in [-0.4, -0.2) is 5.25 Å². The number of para-hydroxylation sites is 1. The molecule has 0 aliphatic carbocycles. The van der Waals surface area contributed by atoms with Crippen LogP contribution in [0.2, 0.25) is 0 Å². The van der Waals surface area contributed by atoms with Crippen molar-refractivity contribution >= 4 is 17.4 Å². The molecule has 0 amide bonds. The van der Waals surface area contributed by atoms with Crippen molar-refractivity contribution in [3.8, 4) is 6.07 Å². The summed E-state index contributed by atoms with van der Waals surface area (Å²) >= 11 is 1.91. The fourth-order valence-corrected chi connectivity index (χ4v) is 5.35. The highest BCUT2D eigenvalue weighted by atomic mass is 32.2. The summed E-state index contributed by atoms with van der Waals surface area (Å²) in [4.78, 5) is 2.44. The van der Waals surface area contributed by atoms with Crippen molar-refractivity contribution in [2.45, 2.75) is 30.5 Å². The van der Waals surface area contributed by atoms with Gasteiger partial charge in [-0.2, -0.15) is 5.26 Å². The fourth-order valence-electron chi connectivity index (χ4n) is 3.76. The van der Waals surface area contributed by atoms with Crippen LogP contribution in [0.5, 0.6) is 0 Å². The van der Waals surface area contributed by atoms with Crippen LogP contribution in [0.1, 0.15) is 36.4 Å². The third-order valence-electron chi connectivity index (χ3n) is 5.13. The van der Waals surface area contributed by atoms with Gasteiger partial charge in [0.1, 0.15) is 5.37 Å². The first-order valence-electron chi connectivity index (χ1n) is 7.66. The Balaban J connectivity index is 1.95. The monoisotopic (exact) mass is 306 g/mol. The van der Waals surface area contributed by atoms with Crippen LogP contribution in [-0.2, 0) is 0 Å². The van der Waals surface area contributed by atoms with E-state index in [1.54, 1.807) is 0 Å². The predicted octanol–water partition coefficient (Wildman–Crippen LogP) is 4.91.